The monoisotopic (exact) mass is 374 g/mol. The summed E-state index contributed by atoms with van der Waals surface area (Å²) in [5, 5.41) is 0. The van der Waals surface area contributed by atoms with E-state index in [1.807, 2.05) is 49.3 Å². The van der Waals surface area contributed by atoms with Gasteiger partial charge in [0.2, 0.25) is 0 Å². The second kappa shape index (κ2) is 8.96. The Morgan fingerprint density at radius 2 is 1.58 bits per heavy atom. The zero-order valence-corrected chi connectivity index (χ0v) is 16.4. The molecule has 0 atom stereocenters. The molecule has 26 heavy (non-hydrogen) atoms. The molecule has 2 aromatic carbocycles. The third-order valence-corrected chi connectivity index (χ3v) is 4.78. The van der Waals surface area contributed by atoms with E-state index >= 15 is 0 Å². The molecule has 2 rings (SSSR count). The summed E-state index contributed by atoms with van der Waals surface area (Å²) in [6, 6.07) is 16.7. The number of hydrogen-bond acceptors (Lipinski definition) is 4. The number of hydrogen-bond donors (Lipinski definition) is 0. The van der Waals surface area contributed by atoms with Gasteiger partial charge in [0.25, 0.3) is 5.91 Å². The van der Waals surface area contributed by atoms with E-state index in [4.69, 9.17) is 0 Å². The molecule has 0 spiro atoms. The van der Waals surface area contributed by atoms with Crippen LogP contribution in [0, 0.1) is 0 Å². The predicted octanol–water partition coefficient (Wildman–Crippen LogP) is 2.44. The van der Waals surface area contributed by atoms with Gasteiger partial charge in [-0.05, 0) is 37.4 Å². The van der Waals surface area contributed by atoms with E-state index in [9.17, 15) is 13.2 Å². The Hall–Kier alpha value is -2.18. The lowest BCUT2D eigenvalue weighted by atomic mass is 10.1. The van der Waals surface area contributed by atoms with E-state index in [2.05, 4.69) is 0 Å². The Bertz CT molecular complexity index is 833. The van der Waals surface area contributed by atoms with Crippen molar-refractivity contribution in [3.8, 4) is 0 Å². The number of likely N-dealkylation sites (N-methyl/N-ethyl adjacent to an activating group) is 1. The maximum atomic E-state index is 13.0. The summed E-state index contributed by atoms with van der Waals surface area (Å²) in [7, 11) is 0.799. The fourth-order valence-corrected chi connectivity index (χ4v) is 3.44. The van der Waals surface area contributed by atoms with Crippen LogP contribution in [0.3, 0.4) is 0 Å². The van der Waals surface area contributed by atoms with Crippen LogP contribution in [0.4, 0.5) is 0 Å². The van der Waals surface area contributed by atoms with Gasteiger partial charge in [0.15, 0.2) is 9.84 Å². The molecule has 6 heteroatoms. The third-order valence-electron chi connectivity index (χ3n) is 3.92. The van der Waals surface area contributed by atoms with Crippen LogP contribution in [0.5, 0.6) is 0 Å². The molecule has 0 aliphatic heterocycles. The summed E-state index contributed by atoms with van der Waals surface area (Å²) in [4.78, 5) is 16.9. The van der Waals surface area contributed by atoms with Crippen molar-refractivity contribution in [1.82, 2.24) is 9.80 Å². The average molecular weight is 375 g/mol. The minimum Gasteiger partial charge on any atom is -0.333 e. The summed E-state index contributed by atoms with van der Waals surface area (Å²) in [5.41, 5.74) is 2.21. The first kappa shape index (κ1) is 20.1. The molecule has 0 radical (unpaired) electrons. The first-order valence-corrected chi connectivity index (χ1v) is 10.6. The molecular formula is C20H26N2O3S. The van der Waals surface area contributed by atoms with E-state index in [1.54, 1.807) is 29.2 Å². The van der Waals surface area contributed by atoms with Crippen molar-refractivity contribution in [2.45, 2.75) is 12.3 Å². The Labute approximate surface area is 156 Å². The van der Waals surface area contributed by atoms with Gasteiger partial charge in [-0.25, -0.2) is 8.42 Å². The van der Waals surface area contributed by atoms with Gasteiger partial charge in [-0.3, -0.25) is 4.79 Å². The fourth-order valence-electron chi connectivity index (χ4n) is 2.66. The van der Waals surface area contributed by atoms with Crippen molar-refractivity contribution >= 4 is 15.7 Å². The lowest BCUT2D eigenvalue weighted by Gasteiger charge is -2.25. The lowest BCUT2D eigenvalue weighted by Crippen LogP contribution is -2.36. The van der Waals surface area contributed by atoms with E-state index in [0.29, 0.717) is 24.2 Å². The van der Waals surface area contributed by atoms with Crippen LogP contribution in [-0.2, 0) is 22.1 Å². The summed E-state index contributed by atoms with van der Waals surface area (Å²) in [6.07, 6.45) is 1.19. The Morgan fingerprint density at radius 1 is 0.923 bits per heavy atom. The maximum Gasteiger partial charge on any atom is 0.254 e. The minimum atomic E-state index is -3.14. The molecule has 0 heterocycles. The molecule has 0 unspecified atom stereocenters. The largest absolute Gasteiger partial charge is 0.333 e. The van der Waals surface area contributed by atoms with Gasteiger partial charge in [0, 0.05) is 31.5 Å². The summed E-state index contributed by atoms with van der Waals surface area (Å²) in [6.45, 7) is 1.86. The predicted molar refractivity (Wildman–Crippen MR) is 105 cm³/mol. The summed E-state index contributed by atoms with van der Waals surface area (Å²) in [5.74, 6) is -0.157. The van der Waals surface area contributed by atoms with Crippen molar-refractivity contribution in [3.63, 3.8) is 0 Å². The Morgan fingerprint density at radius 3 is 2.19 bits per heavy atom. The SMILES string of the molecule is CN(C)CCN(Cc1ccccc1)C(=O)c1cccc(CS(C)(=O)=O)c1. The highest BCUT2D eigenvalue weighted by Crippen LogP contribution is 2.14. The normalized spacial score (nSPS) is 11.5. The molecule has 0 N–H and O–H groups in total. The fraction of sp³-hybridized carbons (Fsp3) is 0.350. The highest BCUT2D eigenvalue weighted by atomic mass is 32.2. The first-order chi connectivity index (χ1) is 12.2. The number of rotatable bonds is 8. The van der Waals surface area contributed by atoms with E-state index in [-0.39, 0.29) is 11.7 Å². The topological polar surface area (TPSA) is 57.7 Å². The minimum absolute atomic E-state index is 0.0650. The van der Waals surface area contributed by atoms with Gasteiger partial charge in [0.1, 0.15) is 0 Å². The number of nitrogens with zero attached hydrogens (tertiary/aromatic N) is 2. The molecule has 0 bridgehead atoms. The third kappa shape index (κ3) is 6.61. The Kier molecular flexibility index (Phi) is 6.94. The number of benzene rings is 2. The van der Waals surface area contributed by atoms with E-state index in [0.717, 1.165) is 12.1 Å². The first-order valence-electron chi connectivity index (χ1n) is 8.49. The van der Waals surface area contributed by atoms with Crippen LogP contribution in [0.25, 0.3) is 0 Å². The summed E-state index contributed by atoms with van der Waals surface area (Å²) >= 11 is 0. The van der Waals surface area contributed by atoms with Gasteiger partial charge in [-0.1, -0.05) is 42.5 Å². The zero-order valence-electron chi connectivity index (χ0n) is 15.6. The number of sulfone groups is 1. The molecule has 5 nitrogen and oxygen atoms in total. The Balaban J connectivity index is 2.23. The van der Waals surface area contributed by atoms with E-state index in [1.165, 1.54) is 6.26 Å². The number of carbonyl (C=O) groups is 1. The lowest BCUT2D eigenvalue weighted by molar-refractivity contribution is 0.0732. The highest BCUT2D eigenvalue weighted by Gasteiger charge is 2.17. The van der Waals surface area contributed by atoms with Crippen LogP contribution in [0.15, 0.2) is 54.6 Å². The van der Waals surface area contributed by atoms with Crippen LogP contribution in [-0.4, -0.2) is 57.6 Å². The van der Waals surface area contributed by atoms with Gasteiger partial charge in [0.05, 0.1) is 5.75 Å². The van der Waals surface area contributed by atoms with Crippen molar-refractivity contribution in [1.29, 1.82) is 0 Å². The number of carbonyl (C=O) groups excluding carboxylic acids is 1. The van der Waals surface area contributed by atoms with Crippen molar-refractivity contribution < 1.29 is 13.2 Å². The van der Waals surface area contributed by atoms with Crippen LogP contribution >= 0.6 is 0 Å². The molecule has 2 aromatic rings. The smallest absolute Gasteiger partial charge is 0.254 e. The maximum absolute atomic E-state index is 13.0. The molecular weight excluding hydrogens is 348 g/mol. The van der Waals surface area contributed by atoms with Crippen molar-refractivity contribution in [2.75, 3.05) is 33.4 Å². The van der Waals surface area contributed by atoms with Crippen LogP contribution in [0.2, 0.25) is 0 Å². The zero-order chi connectivity index (χ0) is 19.2. The second-order valence-corrected chi connectivity index (χ2v) is 8.93. The molecule has 0 aliphatic carbocycles. The molecule has 0 aromatic heterocycles. The highest BCUT2D eigenvalue weighted by molar-refractivity contribution is 7.89. The van der Waals surface area contributed by atoms with Gasteiger partial charge < -0.3 is 9.80 Å². The van der Waals surface area contributed by atoms with Gasteiger partial charge in [-0.15, -0.1) is 0 Å². The molecule has 1 amide bonds. The summed E-state index contributed by atoms with van der Waals surface area (Å²) < 4.78 is 23.1. The molecule has 0 aliphatic rings. The average Bonchev–Trinajstić information content (AvgIpc) is 2.57. The van der Waals surface area contributed by atoms with Crippen LogP contribution in [0.1, 0.15) is 21.5 Å². The van der Waals surface area contributed by atoms with Crippen LogP contribution < -0.4 is 0 Å². The number of amides is 1. The van der Waals surface area contributed by atoms with Gasteiger partial charge in [-0.2, -0.15) is 0 Å². The molecule has 140 valence electrons. The standard InChI is InChI=1S/C20H26N2O3S/c1-21(2)12-13-22(15-17-8-5-4-6-9-17)20(23)19-11-7-10-18(14-19)16-26(3,24)25/h4-11,14H,12-13,15-16H2,1-3H3. The molecule has 0 fully saturated rings. The van der Waals surface area contributed by atoms with E-state index < -0.39 is 9.84 Å². The second-order valence-electron chi connectivity index (χ2n) is 6.79. The van der Waals surface area contributed by atoms with Crippen molar-refractivity contribution in [2.24, 2.45) is 0 Å². The quantitative estimate of drug-likeness (QED) is 0.712. The molecule has 0 saturated heterocycles. The van der Waals surface area contributed by atoms with Gasteiger partial charge >= 0.3 is 0 Å². The molecule has 0 saturated carbocycles. The van der Waals surface area contributed by atoms with Crippen molar-refractivity contribution in [3.05, 3.63) is 71.3 Å².